The number of nitrogens with one attached hydrogen (secondary N) is 1. The first-order chi connectivity index (χ1) is 12.6. The van der Waals surface area contributed by atoms with Gasteiger partial charge in [-0.25, -0.2) is 0 Å². The van der Waals surface area contributed by atoms with E-state index in [0.29, 0.717) is 0 Å². The first kappa shape index (κ1) is 16.6. The summed E-state index contributed by atoms with van der Waals surface area (Å²) in [5.41, 5.74) is 1.76. The van der Waals surface area contributed by atoms with Gasteiger partial charge in [-0.3, -0.25) is 4.68 Å². The standard InChI is InChI=1S/C19H24N6O/c1-13-7-9-25(10-8-13)19-22-17(16-12-20-24(2)18(16)23-19)21-14-5-4-6-15(11-14)26-3/h4-6,11-13H,7-10H2,1-3H3,(H,21,22,23). The maximum absolute atomic E-state index is 5.32. The van der Waals surface area contributed by atoms with Gasteiger partial charge in [-0.05, 0) is 30.9 Å². The van der Waals surface area contributed by atoms with Crippen LogP contribution in [0.25, 0.3) is 11.0 Å². The topological polar surface area (TPSA) is 68.1 Å². The lowest BCUT2D eigenvalue weighted by Gasteiger charge is -2.30. The van der Waals surface area contributed by atoms with Gasteiger partial charge >= 0.3 is 0 Å². The molecule has 0 aliphatic carbocycles. The quantitative estimate of drug-likeness (QED) is 0.777. The second kappa shape index (κ2) is 6.82. The third kappa shape index (κ3) is 3.16. The van der Waals surface area contributed by atoms with Gasteiger partial charge in [0.2, 0.25) is 5.95 Å². The molecule has 1 fully saturated rings. The third-order valence-corrected chi connectivity index (χ3v) is 4.98. The van der Waals surface area contributed by atoms with E-state index in [1.54, 1.807) is 18.0 Å². The maximum atomic E-state index is 5.32. The monoisotopic (exact) mass is 352 g/mol. The molecule has 1 aliphatic heterocycles. The van der Waals surface area contributed by atoms with Crippen LogP contribution in [0.2, 0.25) is 0 Å². The summed E-state index contributed by atoms with van der Waals surface area (Å²) in [6.45, 7) is 4.28. The van der Waals surface area contributed by atoms with E-state index in [1.807, 2.05) is 31.3 Å². The number of rotatable bonds is 4. The maximum Gasteiger partial charge on any atom is 0.229 e. The van der Waals surface area contributed by atoms with E-state index in [4.69, 9.17) is 14.7 Å². The van der Waals surface area contributed by atoms with Crippen LogP contribution in [0.1, 0.15) is 19.8 Å². The molecule has 1 saturated heterocycles. The van der Waals surface area contributed by atoms with Crippen molar-refractivity contribution in [2.24, 2.45) is 13.0 Å². The number of anilines is 3. The predicted molar refractivity (Wildman–Crippen MR) is 103 cm³/mol. The molecule has 7 heteroatoms. The molecular weight excluding hydrogens is 328 g/mol. The Kier molecular flexibility index (Phi) is 4.36. The molecule has 3 aromatic rings. The lowest BCUT2D eigenvalue weighted by atomic mass is 10.00. The minimum absolute atomic E-state index is 0.762. The summed E-state index contributed by atoms with van der Waals surface area (Å²) in [6, 6.07) is 7.82. The van der Waals surface area contributed by atoms with Crippen molar-refractivity contribution in [3.05, 3.63) is 30.5 Å². The van der Waals surface area contributed by atoms with Crippen molar-refractivity contribution in [1.29, 1.82) is 0 Å². The Morgan fingerprint density at radius 2 is 2.00 bits per heavy atom. The van der Waals surface area contributed by atoms with E-state index < -0.39 is 0 Å². The van der Waals surface area contributed by atoms with Crippen molar-refractivity contribution >= 4 is 28.5 Å². The number of benzene rings is 1. The summed E-state index contributed by atoms with van der Waals surface area (Å²) in [7, 11) is 3.57. The van der Waals surface area contributed by atoms with Gasteiger partial charge in [0, 0.05) is 31.9 Å². The molecule has 0 radical (unpaired) electrons. The largest absolute Gasteiger partial charge is 0.497 e. The van der Waals surface area contributed by atoms with Gasteiger partial charge in [0.05, 0.1) is 18.7 Å². The van der Waals surface area contributed by atoms with Crippen molar-refractivity contribution in [3.8, 4) is 5.75 Å². The van der Waals surface area contributed by atoms with Gasteiger partial charge in [0.25, 0.3) is 0 Å². The zero-order valence-electron chi connectivity index (χ0n) is 15.4. The van der Waals surface area contributed by atoms with Crippen LogP contribution < -0.4 is 15.0 Å². The number of fused-ring (bicyclic) bond motifs is 1. The van der Waals surface area contributed by atoms with Crippen LogP contribution in [0, 0.1) is 5.92 Å². The van der Waals surface area contributed by atoms with Crippen LogP contribution in [0.4, 0.5) is 17.5 Å². The number of ether oxygens (including phenoxy) is 1. The molecule has 2 aromatic heterocycles. The van der Waals surface area contributed by atoms with Crippen LogP contribution in [0.5, 0.6) is 5.75 Å². The highest BCUT2D eigenvalue weighted by Crippen LogP contribution is 2.29. The lowest BCUT2D eigenvalue weighted by molar-refractivity contribution is 0.415. The van der Waals surface area contributed by atoms with Gasteiger partial charge in [0.15, 0.2) is 5.65 Å². The van der Waals surface area contributed by atoms with Crippen molar-refractivity contribution < 1.29 is 4.74 Å². The van der Waals surface area contributed by atoms with Crippen molar-refractivity contribution in [3.63, 3.8) is 0 Å². The van der Waals surface area contributed by atoms with Crippen LogP contribution >= 0.6 is 0 Å². The Bertz CT molecular complexity index is 914. The Hall–Kier alpha value is -2.83. The molecule has 7 nitrogen and oxygen atoms in total. The minimum atomic E-state index is 0.762. The molecule has 1 N–H and O–H groups in total. The number of methoxy groups -OCH3 is 1. The van der Waals surface area contributed by atoms with Gasteiger partial charge in [-0.2, -0.15) is 15.1 Å². The number of hydrogen-bond donors (Lipinski definition) is 1. The number of piperidine rings is 1. The van der Waals surface area contributed by atoms with Crippen LogP contribution in [-0.4, -0.2) is 39.9 Å². The summed E-state index contributed by atoms with van der Waals surface area (Å²) in [5.74, 6) is 3.10. The number of hydrogen-bond acceptors (Lipinski definition) is 6. The summed E-state index contributed by atoms with van der Waals surface area (Å²) >= 11 is 0. The van der Waals surface area contributed by atoms with E-state index in [-0.39, 0.29) is 0 Å². The molecule has 3 heterocycles. The van der Waals surface area contributed by atoms with E-state index in [1.165, 1.54) is 12.8 Å². The summed E-state index contributed by atoms with van der Waals surface area (Å²) in [6.07, 6.45) is 4.15. The van der Waals surface area contributed by atoms with E-state index >= 15 is 0 Å². The highest BCUT2D eigenvalue weighted by Gasteiger charge is 2.21. The molecule has 136 valence electrons. The van der Waals surface area contributed by atoms with Crippen LogP contribution in [-0.2, 0) is 7.05 Å². The molecule has 1 aromatic carbocycles. The third-order valence-electron chi connectivity index (χ3n) is 4.98. The average molecular weight is 352 g/mol. The number of nitrogens with zero attached hydrogens (tertiary/aromatic N) is 5. The summed E-state index contributed by atoms with van der Waals surface area (Å²) < 4.78 is 7.11. The number of aryl methyl sites for hydroxylation is 1. The molecule has 4 rings (SSSR count). The highest BCUT2D eigenvalue weighted by atomic mass is 16.5. The second-order valence-electron chi connectivity index (χ2n) is 6.90. The first-order valence-electron chi connectivity index (χ1n) is 9.00. The second-order valence-corrected chi connectivity index (χ2v) is 6.90. The molecule has 0 spiro atoms. The Labute approximate surface area is 153 Å². The molecule has 0 amide bonds. The van der Waals surface area contributed by atoms with Gasteiger partial charge in [0.1, 0.15) is 11.6 Å². The van der Waals surface area contributed by atoms with Crippen LogP contribution in [0.3, 0.4) is 0 Å². The predicted octanol–water partition coefficient (Wildman–Crippen LogP) is 3.35. The van der Waals surface area contributed by atoms with E-state index in [0.717, 1.165) is 53.2 Å². The zero-order chi connectivity index (χ0) is 18.1. The first-order valence-corrected chi connectivity index (χ1v) is 9.00. The molecule has 1 aliphatic rings. The zero-order valence-corrected chi connectivity index (χ0v) is 15.4. The summed E-state index contributed by atoms with van der Waals surface area (Å²) in [5, 5.41) is 8.68. The van der Waals surface area contributed by atoms with E-state index in [9.17, 15) is 0 Å². The van der Waals surface area contributed by atoms with Gasteiger partial charge in [-0.1, -0.05) is 13.0 Å². The molecule has 0 unspecified atom stereocenters. The Morgan fingerprint density at radius 3 is 2.77 bits per heavy atom. The van der Waals surface area contributed by atoms with Crippen molar-refractivity contribution in [2.75, 3.05) is 30.4 Å². The van der Waals surface area contributed by atoms with E-state index in [2.05, 4.69) is 22.2 Å². The lowest BCUT2D eigenvalue weighted by Crippen LogP contribution is -2.34. The molecule has 0 bridgehead atoms. The molecule has 0 saturated carbocycles. The minimum Gasteiger partial charge on any atom is -0.497 e. The van der Waals surface area contributed by atoms with Crippen molar-refractivity contribution in [2.45, 2.75) is 19.8 Å². The molecular formula is C19H24N6O. The number of aromatic nitrogens is 4. The summed E-state index contributed by atoms with van der Waals surface area (Å²) in [4.78, 5) is 11.9. The van der Waals surface area contributed by atoms with Crippen molar-refractivity contribution in [1.82, 2.24) is 19.7 Å². The van der Waals surface area contributed by atoms with Gasteiger partial charge < -0.3 is 15.0 Å². The smallest absolute Gasteiger partial charge is 0.229 e. The fourth-order valence-corrected chi connectivity index (χ4v) is 3.29. The molecule has 0 atom stereocenters. The fraction of sp³-hybridized carbons (Fsp3) is 0.421. The van der Waals surface area contributed by atoms with Crippen LogP contribution in [0.15, 0.2) is 30.5 Å². The normalized spacial score (nSPS) is 15.4. The fourth-order valence-electron chi connectivity index (χ4n) is 3.29. The Morgan fingerprint density at radius 1 is 1.19 bits per heavy atom. The highest BCUT2D eigenvalue weighted by molar-refractivity contribution is 5.89. The SMILES string of the molecule is COc1cccc(Nc2nc(N3CCC(C)CC3)nc3c2cnn3C)c1. The average Bonchev–Trinajstić information content (AvgIpc) is 3.04. The van der Waals surface area contributed by atoms with Gasteiger partial charge in [-0.15, -0.1) is 0 Å². The molecule has 26 heavy (non-hydrogen) atoms. The Balaban J connectivity index is 1.72.